The molecular formula is C9H8ClFN2O2S. The summed E-state index contributed by atoms with van der Waals surface area (Å²) in [6, 6.07) is 3.12. The van der Waals surface area contributed by atoms with Crippen LogP contribution in [0.15, 0.2) is 18.3 Å². The maximum atomic E-state index is 12.5. The molecule has 4 nitrogen and oxygen atoms in total. The second-order valence-electron chi connectivity index (χ2n) is 3.18. The highest BCUT2D eigenvalue weighted by Gasteiger charge is 2.16. The summed E-state index contributed by atoms with van der Waals surface area (Å²) in [6.07, 6.45) is 0.379. The van der Waals surface area contributed by atoms with Crippen molar-refractivity contribution in [3.63, 3.8) is 0 Å². The first kappa shape index (κ1) is 11.7. The lowest BCUT2D eigenvalue weighted by Gasteiger charge is -2.09. The van der Waals surface area contributed by atoms with Gasteiger partial charge in [0.1, 0.15) is 11.6 Å². The molecule has 0 saturated carbocycles. The van der Waals surface area contributed by atoms with E-state index in [2.05, 4.69) is 5.10 Å². The van der Waals surface area contributed by atoms with E-state index in [1.807, 2.05) is 0 Å². The summed E-state index contributed by atoms with van der Waals surface area (Å²) in [7, 11) is 0. The van der Waals surface area contributed by atoms with Crippen LogP contribution >= 0.6 is 23.9 Å². The smallest absolute Gasteiger partial charge is 0.188 e. The van der Waals surface area contributed by atoms with Gasteiger partial charge >= 0.3 is 0 Å². The van der Waals surface area contributed by atoms with Crippen molar-refractivity contribution in [2.75, 3.05) is 6.61 Å². The fourth-order valence-corrected chi connectivity index (χ4v) is 2.18. The van der Waals surface area contributed by atoms with E-state index in [1.165, 1.54) is 12.3 Å². The van der Waals surface area contributed by atoms with E-state index in [-0.39, 0.29) is 12.3 Å². The van der Waals surface area contributed by atoms with Crippen molar-refractivity contribution in [1.82, 2.24) is 9.19 Å². The van der Waals surface area contributed by atoms with Gasteiger partial charge in [0.2, 0.25) is 0 Å². The number of fused-ring (bicyclic) bond motifs is 1. The zero-order chi connectivity index (χ0) is 11.7. The topological polar surface area (TPSA) is 58.3 Å². The molecule has 86 valence electrons. The highest BCUT2D eigenvalue weighted by Crippen LogP contribution is 2.31. The third-order valence-corrected chi connectivity index (χ3v) is 2.99. The van der Waals surface area contributed by atoms with Gasteiger partial charge in [-0.15, -0.1) is 3.89 Å². The zero-order valence-corrected chi connectivity index (χ0v) is 9.54. The molecule has 0 bridgehead atoms. The van der Waals surface area contributed by atoms with Gasteiger partial charge in [0.05, 0.1) is 17.8 Å². The van der Waals surface area contributed by atoms with Crippen LogP contribution < -0.4 is 0 Å². The van der Waals surface area contributed by atoms with Crippen LogP contribution in [0.4, 0.5) is 3.89 Å². The number of hydrogen-bond acceptors (Lipinski definition) is 4. The van der Waals surface area contributed by atoms with E-state index in [9.17, 15) is 8.99 Å². The van der Waals surface area contributed by atoms with Crippen LogP contribution in [-0.2, 0) is 0 Å². The number of aromatic nitrogens is 2. The van der Waals surface area contributed by atoms with Gasteiger partial charge < -0.3 is 10.2 Å². The fraction of sp³-hybridized carbons (Fsp3) is 0.222. The largest absolute Gasteiger partial charge is 0.393 e. The molecule has 0 amide bonds. The molecule has 1 unspecified atom stereocenters. The molecule has 2 aromatic rings. The lowest BCUT2D eigenvalue weighted by molar-refractivity contribution is 0.0967. The van der Waals surface area contributed by atoms with Crippen molar-refractivity contribution in [3.05, 3.63) is 28.9 Å². The van der Waals surface area contributed by atoms with Crippen LogP contribution in [0.2, 0.25) is 5.02 Å². The van der Waals surface area contributed by atoms with Crippen LogP contribution in [-0.4, -0.2) is 26.0 Å². The molecule has 0 radical (unpaired) electrons. The molecule has 0 aliphatic rings. The average molecular weight is 263 g/mol. The van der Waals surface area contributed by atoms with E-state index in [1.54, 1.807) is 6.07 Å². The van der Waals surface area contributed by atoms with E-state index < -0.39 is 12.7 Å². The predicted octanol–water partition coefficient (Wildman–Crippen LogP) is 2.10. The van der Waals surface area contributed by atoms with Gasteiger partial charge in [0, 0.05) is 5.39 Å². The van der Waals surface area contributed by atoms with Gasteiger partial charge in [0.15, 0.2) is 12.3 Å². The maximum Gasteiger partial charge on any atom is 0.188 e. The predicted molar refractivity (Wildman–Crippen MR) is 60.9 cm³/mol. The van der Waals surface area contributed by atoms with Crippen molar-refractivity contribution in [3.8, 4) is 0 Å². The van der Waals surface area contributed by atoms with Crippen LogP contribution in [0, 0.1) is 0 Å². The van der Waals surface area contributed by atoms with Gasteiger partial charge in [-0.3, -0.25) is 0 Å². The van der Waals surface area contributed by atoms with Gasteiger partial charge in [-0.25, -0.2) is 0 Å². The molecule has 2 N–H and O–H groups in total. The second-order valence-corrected chi connectivity index (χ2v) is 4.07. The number of benzene rings is 1. The highest BCUT2D eigenvalue weighted by molar-refractivity contribution is 7.92. The third-order valence-electron chi connectivity index (χ3n) is 2.28. The Labute approximate surface area is 100 Å². The molecule has 1 aromatic carbocycles. The Bertz CT molecular complexity index is 519. The van der Waals surface area contributed by atoms with E-state index in [4.69, 9.17) is 16.7 Å². The number of aliphatic hydroxyl groups excluding tert-OH is 2. The van der Waals surface area contributed by atoms with Crippen LogP contribution in [0.3, 0.4) is 0 Å². The molecule has 0 fully saturated rings. The molecule has 0 aliphatic heterocycles. The van der Waals surface area contributed by atoms with Gasteiger partial charge in [-0.05, 0) is 11.6 Å². The summed E-state index contributed by atoms with van der Waals surface area (Å²) >= 11 is 5.84. The summed E-state index contributed by atoms with van der Waals surface area (Å²) in [4.78, 5) is 0. The van der Waals surface area contributed by atoms with Crippen molar-refractivity contribution < 1.29 is 14.1 Å². The van der Waals surface area contributed by atoms with Crippen molar-refractivity contribution in [1.29, 1.82) is 0 Å². The third kappa shape index (κ3) is 1.78. The second kappa shape index (κ2) is 4.58. The summed E-state index contributed by atoms with van der Waals surface area (Å²) in [5.41, 5.74) is 0.862. The number of rotatable bonds is 3. The van der Waals surface area contributed by atoms with E-state index in [0.29, 0.717) is 21.5 Å². The first-order chi connectivity index (χ1) is 7.69. The Kier molecular flexibility index (Phi) is 3.34. The Balaban J connectivity index is 2.70. The quantitative estimate of drug-likeness (QED) is 0.889. The number of aliphatic hydroxyl groups is 2. The molecule has 0 saturated heterocycles. The molecule has 0 spiro atoms. The monoisotopic (exact) mass is 262 g/mol. The zero-order valence-electron chi connectivity index (χ0n) is 7.97. The van der Waals surface area contributed by atoms with Gasteiger partial charge in [-0.2, -0.15) is 9.19 Å². The van der Waals surface area contributed by atoms with E-state index in [0.717, 1.165) is 4.09 Å². The molecule has 1 heterocycles. The maximum absolute atomic E-state index is 12.5. The number of nitrogens with zero attached hydrogens (tertiary/aromatic N) is 2. The Morgan fingerprint density at radius 1 is 1.56 bits per heavy atom. The van der Waals surface area contributed by atoms with Crippen molar-refractivity contribution in [2.45, 2.75) is 6.10 Å². The van der Waals surface area contributed by atoms with Crippen LogP contribution in [0.25, 0.3) is 10.9 Å². The minimum Gasteiger partial charge on any atom is -0.393 e. The molecule has 0 aliphatic carbocycles. The normalized spacial score (nSPS) is 13.2. The molecular weight excluding hydrogens is 255 g/mol. The number of hydrogen-bond donors (Lipinski definition) is 2. The SMILES string of the molecule is OCC(O)c1ccc(Cl)c2c1cnn2SF. The summed E-state index contributed by atoms with van der Waals surface area (Å²) in [6.45, 7) is -0.412. The van der Waals surface area contributed by atoms with Crippen molar-refractivity contribution >= 4 is 34.8 Å². The molecule has 16 heavy (non-hydrogen) atoms. The summed E-state index contributed by atoms with van der Waals surface area (Å²) in [5, 5.41) is 23.1. The lowest BCUT2D eigenvalue weighted by atomic mass is 10.1. The number of halogens is 2. The average Bonchev–Trinajstić information content (AvgIpc) is 2.73. The molecule has 1 aromatic heterocycles. The molecule has 7 heteroatoms. The first-order valence-electron chi connectivity index (χ1n) is 4.43. The summed E-state index contributed by atoms with van der Waals surface area (Å²) in [5.74, 6) is 0. The molecule has 2 rings (SSSR count). The van der Waals surface area contributed by atoms with Crippen molar-refractivity contribution in [2.24, 2.45) is 0 Å². The minimum absolute atomic E-state index is 0.0759. The summed E-state index contributed by atoms with van der Waals surface area (Å²) < 4.78 is 13.5. The lowest BCUT2D eigenvalue weighted by Crippen LogP contribution is -2.02. The standard InChI is InChI=1S/C9H8ClFN2O2S/c10-7-2-1-5(8(15)4-14)6-3-12-13(16-11)9(6)7/h1-3,8,14-15H,4H2. The molecule has 1 atom stereocenters. The van der Waals surface area contributed by atoms with Gasteiger partial charge in [-0.1, -0.05) is 17.7 Å². The Morgan fingerprint density at radius 3 is 2.94 bits per heavy atom. The Morgan fingerprint density at radius 2 is 2.31 bits per heavy atom. The highest BCUT2D eigenvalue weighted by atomic mass is 35.5. The van der Waals surface area contributed by atoms with Crippen LogP contribution in [0.5, 0.6) is 0 Å². The minimum atomic E-state index is -1.03. The van der Waals surface area contributed by atoms with Gasteiger partial charge in [0.25, 0.3) is 0 Å². The van der Waals surface area contributed by atoms with Crippen LogP contribution in [0.1, 0.15) is 11.7 Å². The fourth-order valence-electron chi connectivity index (χ4n) is 1.54. The Hall–Kier alpha value is -0.820. The van der Waals surface area contributed by atoms with E-state index >= 15 is 0 Å². The first-order valence-corrected chi connectivity index (χ1v) is 5.48.